The molecular formula is C15H19N3O2S. The minimum Gasteiger partial charge on any atom is -0.361 e. The topological polar surface area (TPSA) is 49.6 Å². The molecule has 3 heterocycles. The van der Waals surface area contributed by atoms with Crippen molar-refractivity contribution < 1.29 is 9.32 Å². The smallest absolute Gasteiger partial charge is 0.254 e. The molecule has 1 amide bonds. The average Bonchev–Trinajstić information content (AvgIpc) is 3.13. The van der Waals surface area contributed by atoms with E-state index in [9.17, 15) is 4.79 Å². The Bertz CT molecular complexity index is 593. The van der Waals surface area contributed by atoms with Crippen LogP contribution in [0.1, 0.15) is 27.4 Å². The Kier molecular flexibility index (Phi) is 4.07. The van der Waals surface area contributed by atoms with Crippen molar-refractivity contribution in [2.45, 2.75) is 20.4 Å². The van der Waals surface area contributed by atoms with Gasteiger partial charge in [-0.1, -0.05) is 5.16 Å². The fourth-order valence-electron chi connectivity index (χ4n) is 2.63. The molecule has 0 radical (unpaired) electrons. The summed E-state index contributed by atoms with van der Waals surface area (Å²) < 4.78 is 5.21. The van der Waals surface area contributed by atoms with Gasteiger partial charge in [-0.3, -0.25) is 9.69 Å². The van der Waals surface area contributed by atoms with Crippen molar-refractivity contribution in [1.29, 1.82) is 0 Å². The predicted octanol–water partition coefficient (Wildman–Crippen LogP) is 2.31. The normalized spacial score (nSPS) is 16.4. The lowest BCUT2D eigenvalue weighted by molar-refractivity contribution is 0.0628. The van der Waals surface area contributed by atoms with Crippen molar-refractivity contribution in [3.05, 3.63) is 39.4 Å². The van der Waals surface area contributed by atoms with Gasteiger partial charge in [0.25, 0.3) is 5.91 Å². The summed E-state index contributed by atoms with van der Waals surface area (Å²) in [5.41, 5.74) is 2.94. The van der Waals surface area contributed by atoms with Crippen LogP contribution in [0, 0.1) is 13.8 Å². The molecule has 1 fully saturated rings. The standard InChI is InChI=1S/C15H19N3O2S/c1-11-14(12(2)20-16-11)9-17-4-6-18(7-5-17)15(19)13-3-8-21-10-13/h3,8,10H,4-7,9H2,1-2H3. The van der Waals surface area contributed by atoms with Gasteiger partial charge in [-0.2, -0.15) is 11.3 Å². The first-order chi connectivity index (χ1) is 10.1. The second-order valence-electron chi connectivity index (χ2n) is 5.38. The van der Waals surface area contributed by atoms with E-state index in [-0.39, 0.29) is 5.91 Å². The lowest BCUT2D eigenvalue weighted by Crippen LogP contribution is -2.48. The number of carbonyl (C=O) groups excluding carboxylic acids is 1. The summed E-state index contributed by atoms with van der Waals surface area (Å²) in [6.45, 7) is 8.10. The number of nitrogens with zero attached hydrogens (tertiary/aromatic N) is 3. The van der Waals surface area contributed by atoms with Crippen molar-refractivity contribution in [3.8, 4) is 0 Å². The summed E-state index contributed by atoms with van der Waals surface area (Å²) in [6.07, 6.45) is 0. The first kappa shape index (κ1) is 14.3. The Morgan fingerprint density at radius 3 is 2.67 bits per heavy atom. The predicted molar refractivity (Wildman–Crippen MR) is 81.5 cm³/mol. The summed E-state index contributed by atoms with van der Waals surface area (Å²) >= 11 is 1.56. The first-order valence-electron chi connectivity index (χ1n) is 7.10. The molecule has 2 aromatic rings. The zero-order valence-electron chi connectivity index (χ0n) is 12.3. The Morgan fingerprint density at radius 2 is 2.10 bits per heavy atom. The number of rotatable bonds is 3. The van der Waals surface area contributed by atoms with Crippen LogP contribution in [0.3, 0.4) is 0 Å². The van der Waals surface area contributed by atoms with Crippen LogP contribution in [0.2, 0.25) is 0 Å². The number of piperazine rings is 1. The van der Waals surface area contributed by atoms with E-state index in [1.165, 1.54) is 5.56 Å². The molecule has 1 aliphatic heterocycles. The van der Waals surface area contributed by atoms with Gasteiger partial charge in [0.15, 0.2) is 0 Å². The highest BCUT2D eigenvalue weighted by molar-refractivity contribution is 7.08. The van der Waals surface area contributed by atoms with Crippen LogP contribution < -0.4 is 0 Å². The van der Waals surface area contributed by atoms with Crippen LogP contribution in [0.4, 0.5) is 0 Å². The Labute approximate surface area is 128 Å². The highest BCUT2D eigenvalue weighted by Gasteiger charge is 2.23. The van der Waals surface area contributed by atoms with E-state index >= 15 is 0 Å². The van der Waals surface area contributed by atoms with Crippen LogP contribution in [-0.4, -0.2) is 47.0 Å². The number of thiophene rings is 1. The maximum Gasteiger partial charge on any atom is 0.254 e. The van der Waals surface area contributed by atoms with Gasteiger partial charge in [0, 0.05) is 43.7 Å². The molecule has 6 heteroatoms. The van der Waals surface area contributed by atoms with Crippen molar-refractivity contribution in [2.24, 2.45) is 0 Å². The molecule has 1 aliphatic rings. The number of aromatic nitrogens is 1. The molecule has 5 nitrogen and oxygen atoms in total. The number of amides is 1. The number of hydrogen-bond donors (Lipinski definition) is 0. The molecule has 1 saturated heterocycles. The van der Waals surface area contributed by atoms with E-state index < -0.39 is 0 Å². The molecule has 0 aliphatic carbocycles. The van der Waals surface area contributed by atoms with E-state index in [0.717, 1.165) is 49.7 Å². The fraction of sp³-hybridized carbons (Fsp3) is 0.467. The molecule has 0 spiro atoms. The van der Waals surface area contributed by atoms with Gasteiger partial charge >= 0.3 is 0 Å². The highest BCUT2D eigenvalue weighted by Crippen LogP contribution is 2.17. The average molecular weight is 305 g/mol. The van der Waals surface area contributed by atoms with E-state index in [4.69, 9.17) is 4.52 Å². The van der Waals surface area contributed by atoms with E-state index in [1.807, 2.05) is 35.6 Å². The minimum absolute atomic E-state index is 0.147. The fourth-order valence-corrected chi connectivity index (χ4v) is 3.26. The Balaban J connectivity index is 1.57. The van der Waals surface area contributed by atoms with Crippen LogP contribution in [0.5, 0.6) is 0 Å². The summed E-state index contributed by atoms with van der Waals surface area (Å²) in [5.74, 6) is 1.04. The van der Waals surface area contributed by atoms with Crippen molar-refractivity contribution in [1.82, 2.24) is 15.0 Å². The van der Waals surface area contributed by atoms with Crippen LogP contribution in [0.15, 0.2) is 21.3 Å². The van der Waals surface area contributed by atoms with Gasteiger partial charge in [0.2, 0.25) is 0 Å². The summed E-state index contributed by atoms with van der Waals surface area (Å²) in [7, 11) is 0. The molecule has 21 heavy (non-hydrogen) atoms. The van der Waals surface area contributed by atoms with Crippen molar-refractivity contribution in [3.63, 3.8) is 0 Å². The second-order valence-corrected chi connectivity index (χ2v) is 6.16. The van der Waals surface area contributed by atoms with Gasteiger partial charge in [0.1, 0.15) is 5.76 Å². The van der Waals surface area contributed by atoms with Crippen LogP contribution >= 0.6 is 11.3 Å². The number of hydrogen-bond acceptors (Lipinski definition) is 5. The molecule has 0 saturated carbocycles. The molecule has 0 atom stereocenters. The maximum absolute atomic E-state index is 12.3. The first-order valence-corrected chi connectivity index (χ1v) is 8.05. The Morgan fingerprint density at radius 1 is 1.33 bits per heavy atom. The summed E-state index contributed by atoms with van der Waals surface area (Å²) in [6, 6.07) is 1.89. The summed E-state index contributed by atoms with van der Waals surface area (Å²) in [5, 5.41) is 7.85. The molecule has 0 N–H and O–H groups in total. The molecular weight excluding hydrogens is 286 g/mol. The second kappa shape index (κ2) is 5.99. The molecule has 112 valence electrons. The van der Waals surface area contributed by atoms with E-state index in [1.54, 1.807) is 11.3 Å². The number of aryl methyl sites for hydroxylation is 2. The molecule has 3 rings (SSSR count). The molecule has 0 bridgehead atoms. The monoisotopic (exact) mass is 305 g/mol. The molecule has 2 aromatic heterocycles. The third-order valence-corrected chi connectivity index (χ3v) is 4.67. The van der Waals surface area contributed by atoms with Crippen molar-refractivity contribution in [2.75, 3.05) is 26.2 Å². The minimum atomic E-state index is 0.147. The van der Waals surface area contributed by atoms with Gasteiger partial charge in [-0.25, -0.2) is 0 Å². The summed E-state index contributed by atoms with van der Waals surface area (Å²) in [4.78, 5) is 16.6. The van der Waals surface area contributed by atoms with Gasteiger partial charge in [0.05, 0.1) is 11.3 Å². The molecule has 0 aromatic carbocycles. The quantitative estimate of drug-likeness (QED) is 0.873. The van der Waals surface area contributed by atoms with Gasteiger partial charge in [-0.15, -0.1) is 0 Å². The van der Waals surface area contributed by atoms with E-state index in [2.05, 4.69) is 10.1 Å². The van der Waals surface area contributed by atoms with Crippen molar-refractivity contribution >= 4 is 17.2 Å². The van der Waals surface area contributed by atoms with Crippen LogP contribution in [0.25, 0.3) is 0 Å². The SMILES string of the molecule is Cc1noc(C)c1CN1CCN(C(=O)c2ccsc2)CC1. The third-order valence-electron chi connectivity index (χ3n) is 3.99. The lowest BCUT2D eigenvalue weighted by Gasteiger charge is -2.34. The van der Waals surface area contributed by atoms with Gasteiger partial charge in [-0.05, 0) is 25.3 Å². The van der Waals surface area contributed by atoms with Gasteiger partial charge < -0.3 is 9.42 Å². The lowest BCUT2D eigenvalue weighted by atomic mass is 10.1. The number of carbonyl (C=O) groups is 1. The maximum atomic E-state index is 12.3. The largest absolute Gasteiger partial charge is 0.361 e. The Hall–Kier alpha value is -1.66. The highest BCUT2D eigenvalue weighted by atomic mass is 32.1. The van der Waals surface area contributed by atoms with Crippen LogP contribution in [-0.2, 0) is 6.54 Å². The van der Waals surface area contributed by atoms with E-state index in [0.29, 0.717) is 0 Å². The zero-order chi connectivity index (χ0) is 14.8. The molecule has 0 unspecified atom stereocenters. The third kappa shape index (κ3) is 3.01. The zero-order valence-corrected chi connectivity index (χ0v) is 13.2.